The molecule has 0 atom stereocenters. The molecule has 0 fully saturated rings. The van der Waals surface area contributed by atoms with E-state index in [1.165, 1.54) is 17.5 Å². The van der Waals surface area contributed by atoms with Crippen molar-refractivity contribution in [3.63, 3.8) is 0 Å². The van der Waals surface area contributed by atoms with E-state index in [1.807, 2.05) is 4.57 Å². The van der Waals surface area contributed by atoms with E-state index in [2.05, 4.69) is 50.4 Å². The number of hydrogen-bond acceptors (Lipinski definition) is 7. The highest BCUT2D eigenvalue weighted by Crippen LogP contribution is 2.30. The third-order valence-electron chi connectivity index (χ3n) is 5.10. The van der Waals surface area contributed by atoms with E-state index in [1.54, 1.807) is 18.5 Å². The van der Waals surface area contributed by atoms with Crippen molar-refractivity contribution in [2.75, 3.05) is 11.1 Å². The molecule has 0 saturated carbocycles. The molecule has 5 rings (SSSR count). The SMILES string of the molecule is CCn1c(-c2ccnc(N)n2)nc2cnc(Nc3cccc4c3CCC4)nc21. The zero-order valence-corrected chi connectivity index (χ0v) is 15.6. The number of rotatable bonds is 4. The van der Waals surface area contributed by atoms with Crippen LogP contribution in [-0.2, 0) is 19.4 Å². The lowest BCUT2D eigenvalue weighted by atomic mass is 10.1. The zero-order valence-electron chi connectivity index (χ0n) is 15.6. The van der Waals surface area contributed by atoms with E-state index >= 15 is 0 Å². The summed E-state index contributed by atoms with van der Waals surface area (Å²) in [7, 11) is 0. The van der Waals surface area contributed by atoms with E-state index in [0.717, 1.165) is 29.7 Å². The van der Waals surface area contributed by atoms with E-state index in [9.17, 15) is 0 Å². The molecular formula is C20H20N8. The number of nitrogen functional groups attached to an aromatic ring is 1. The molecule has 3 heterocycles. The van der Waals surface area contributed by atoms with Crippen LogP contribution in [0.2, 0.25) is 0 Å². The van der Waals surface area contributed by atoms with Gasteiger partial charge in [-0.15, -0.1) is 0 Å². The second kappa shape index (κ2) is 6.56. The van der Waals surface area contributed by atoms with Crippen LogP contribution in [0.5, 0.6) is 0 Å². The third kappa shape index (κ3) is 2.74. The minimum atomic E-state index is 0.221. The Morgan fingerprint density at radius 3 is 2.89 bits per heavy atom. The summed E-state index contributed by atoms with van der Waals surface area (Å²) in [6.07, 6.45) is 6.80. The van der Waals surface area contributed by atoms with Crippen LogP contribution in [-0.4, -0.2) is 29.5 Å². The summed E-state index contributed by atoms with van der Waals surface area (Å²) in [5.74, 6) is 1.49. The van der Waals surface area contributed by atoms with Crippen molar-refractivity contribution < 1.29 is 0 Å². The van der Waals surface area contributed by atoms with Crippen molar-refractivity contribution in [3.8, 4) is 11.5 Å². The van der Waals surface area contributed by atoms with Gasteiger partial charge in [0.05, 0.1) is 6.20 Å². The molecule has 0 spiro atoms. The smallest absolute Gasteiger partial charge is 0.229 e. The van der Waals surface area contributed by atoms with Crippen LogP contribution in [0.4, 0.5) is 17.6 Å². The molecule has 8 nitrogen and oxygen atoms in total. The Morgan fingerprint density at radius 1 is 1.11 bits per heavy atom. The molecule has 0 saturated heterocycles. The number of hydrogen-bond donors (Lipinski definition) is 2. The Labute approximate surface area is 161 Å². The number of anilines is 3. The molecule has 3 aromatic heterocycles. The van der Waals surface area contributed by atoms with Crippen molar-refractivity contribution in [1.82, 2.24) is 29.5 Å². The maximum Gasteiger partial charge on any atom is 0.229 e. The van der Waals surface area contributed by atoms with Crippen LogP contribution < -0.4 is 11.1 Å². The molecule has 0 bridgehead atoms. The lowest BCUT2D eigenvalue weighted by Crippen LogP contribution is -2.04. The van der Waals surface area contributed by atoms with E-state index < -0.39 is 0 Å². The van der Waals surface area contributed by atoms with E-state index in [-0.39, 0.29) is 5.95 Å². The molecule has 1 aromatic carbocycles. The number of nitrogens with one attached hydrogen (secondary N) is 1. The number of nitrogens with two attached hydrogens (primary N) is 1. The summed E-state index contributed by atoms with van der Waals surface area (Å²) >= 11 is 0. The quantitative estimate of drug-likeness (QED) is 0.567. The topological polar surface area (TPSA) is 107 Å². The molecule has 140 valence electrons. The predicted octanol–water partition coefficient (Wildman–Crippen LogP) is 3.12. The Morgan fingerprint density at radius 2 is 2.04 bits per heavy atom. The van der Waals surface area contributed by atoms with Crippen LogP contribution >= 0.6 is 0 Å². The third-order valence-corrected chi connectivity index (χ3v) is 5.10. The van der Waals surface area contributed by atoms with Crippen LogP contribution in [0, 0.1) is 0 Å². The lowest BCUT2D eigenvalue weighted by molar-refractivity contribution is 0.783. The van der Waals surface area contributed by atoms with Gasteiger partial charge in [0, 0.05) is 18.4 Å². The van der Waals surface area contributed by atoms with Crippen molar-refractivity contribution in [1.29, 1.82) is 0 Å². The Balaban J connectivity index is 1.57. The molecule has 0 radical (unpaired) electrons. The van der Waals surface area contributed by atoms with Gasteiger partial charge in [-0.25, -0.2) is 19.9 Å². The maximum absolute atomic E-state index is 5.74. The Bertz CT molecular complexity index is 1180. The molecule has 3 N–H and O–H groups in total. The van der Waals surface area contributed by atoms with Crippen molar-refractivity contribution in [3.05, 3.63) is 47.8 Å². The maximum atomic E-state index is 5.74. The second-order valence-electron chi connectivity index (χ2n) is 6.80. The molecule has 0 unspecified atom stereocenters. The van der Waals surface area contributed by atoms with Gasteiger partial charge < -0.3 is 15.6 Å². The summed E-state index contributed by atoms with van der Waals surface area (Å²) < 4.78 is 2.01. The van der Waals surface area contributed by atoms with Crippen LogP contribution in [0.25, 0.3) is 22.7 Å². The fourth-order valence-electron chi connectivity index (χ4n) is 3.83. The molecule has 8 heteroatoms. The average Bonchev–Trinajstić information content (AvgIpc) is 3.32. The van der Waals surface area contributed by atoms with Gasteiger partial charge in [0.2, 0.25) is 11.9 Å². The first-order chi connectivity index (χ1) is 13.7. The predicted molar refractivity (Wildman–Crippen MR) is 108 cm³/mol. The van der Waals surface area contributed by atoms with Gasteiger partial charge in [-0.05, 0) is 49.4 Å². The van der Waals surface area contributed by atoms with Crippen molar-refractivity contribution >= 4 is 28.7 Å². The van der Waals surface area contributed by atoms with Gasteiger partial charge in [-0.2, -0.15) is 4.98 Å². The standard InChI is InChI=1S/C20H20N8/c1-2-28-17(15-9-10-22-19(21)25-15)24-16-11-23-20(27-18(16)28)26-14-8-4-6-12-5-3-7-13(12)14/h4,6,8-11H,2-3,5,7H2,1H3,(H2,21,22,25)(H,23,26,27). The summed E-state index contributed by atoms with van der Waals surface area (Å²) in [4.78, 5) is 22.1. The summed E-state index contributed by atoms with van der Waals surface area (Å²) in [5, 5.41) is 3.40. The fourth-order valence-corrected chi connectivity index (χ4v) is 3.83. The first-order valence-corrected chi connectivity index (χ1v) is 9.43. The summed E-state index contributed by atoms with van der Waals surface area (Å²) in [5.41, 5.74) is 11.8. The molecular weight excluding hydrogens is 352 g/mol. The van der Waals surface area contributed by atoms with Crippen molar-refractivity contribution in [2.45, 2.75) is 32.7 Å². The average molecular weight is 372 g/mol. The fraction of sp³-hybridized carbons (Fsp3) is 0.250. The number of imidazole rings is 1. The summed E-state index contributed by atoms with van der Waals surface area (Å²) in [6.45, 7) is 2.75. The largest absolute Gasteiger partial charge is 0.368 e. The highest BCUT2D eigenvalue weighted by molar-refractivity contribution is 5.77. The highest BCUT2D eigenvalue weighted by atomic mass is 15.2. The van der Waals surface area contributed by atoms with Crippen molar-refractivity contribution in [2.24, 2.45) is 0 Å². The minimum Gasteiger partial charge on any atom is -0.368 e. The lowest BCUT2D eigenvalue weighted by Gasteiger charge is -2.10. The Hall–Kier alpha value is -3.55. The van der Waals surface area contributed by atoms with E-state index in [4.69, 9.17) is 10.7 Å². The molecule has 1 aliphatic rings. The zero-order chi connectivity index (χ0) is 19.1. The molecule has 0 aliphatic heterocycles. The second-order valence-corrected chi connectivity index (χ2v) is 6.80. The van der Waals surface area contributed by atoms with Crippen LogP contribution in [0.3, 0.4) is 0 Å². The van der Waals surface area contributed by atoms with Gasteiger partial charge >= 0.3 is 0 Å². The monoisotopic (exact) mass is 372 g/mol. The molecule has 4 aromatic rings. The molecule has 28 heavy (non-hydrogen) atoms. The first-order valence-electron chi connectivity index (χ1n) is 9.43. The summed E-state index contributed by atoms with van der Waals surface area (Å²) in [6, 6.07) is 8.16. The van der Waals surface area contributed by atoms with Crippen LogP contribution in [0.15, 0.2) is 36.7 Å². The number of aromatic nitrogens is 6. The van der Waals surface area contributed by atoms with Crippen LogP contribution in [0.1, 0.15) is 24.5 Å². The highest BCUT2D eigenvalue weighted by Gasteiger charge is 2.17. The number of benzene rings is 1. The number of aryl methyl sites for hydroxylation is 2. The molecule has 1 aliphatic carbocycles. The van der Waals surface area contributed by atoms with Gasteiger partial charge in [-0.1, -0.05) is 12.1 Å². The van der Waals surface area contributed by atoms with E-state index in [0.29, 0.717) is 24.0 Å². The number of fused-ring (bicyclic) bond motifs is 2. The number of nitrogens with zero attached hydrogens (tertiary/aromatic N) is 6. The Kier molecular flexibility index (Phi) is 3.89. The van der Waals surface area contributed by atoms with Gasteiger partial charge in [-0.3, -0.25) is 0 Å². The molecule has 0 amide bonds. The van der Waals surface area contributed by atoms with Gasteiger partial charge in [0.15, 0.2) is 11.5 Å². The first kappa shape index (κ1) is 16.6. The van der Waals surface area contributed by atoms with Gasteiger partial charge in [0.25, 0.3) is 0 Å². The van der Waals surface area contributed by atoms with Gasteiger partial charge in [0.1, 0.15) is 11.2 Å². The minimum absolute atomic E-state index is 0.221. The normalized spacial score (nSPS) is 13.0.